The fraction of sp³-hybridized carbons (Fsp3) is 0.516. The van der Waals surface area contributed by atoms with Gasteiger partial charge >= 0.3 is 0 Å². The Morgan fingerprint density at radius 2 is 2.05 bits per heavy atom. The lowest BCUT2D eigenvalue weighted by molar-refractivity contribution is -0.223. The number of nitrogens with one attached hydrogen (secondary N) is 1. The summed E-state index contributed by atoms with van der Waals surface area (Å²) in [6.07, 6.45) is 3.92. The number of hydrogen-bond acceptors (Lipinski definition) is 6. The fourth-order valence-electron chi connectivity index (χ4n) is 7.88. The molecule has 6 atom stereocenters. The van der Waals surface area contributed by atoms with E-state index in [4.69, 9.17) is 9.47 Å². The Morgan fingerprint density at radius 1 is 1.24 bits per heavy atom. The second-order valence-corrected chi connectivity index (χ2v) is 11.9. The molecular weight excluding hydrogens is 480 g/mol. The lowest BCUT2D eigenvalue weighted by Gasteiger charge is -2.64. The molecule has 7 rings (SSSR count). The summed E-state index contributed by atoms with van der Waals surface area (Å²) in [5, 5.41) is 27.3. The first kappa shape index (κ1) is 24.2. The standard InChI is InChI=1S/C31H36N2O5/c1-2-13-32-29(35)22-16-31(36)24-15-21-10-11-23(37-18-20-6-4-3-5-7-20)27-25(21)30(31,28(38-27)26(22)34)12-14-33(24)17-19-8-9-19/h2-7,10-11,19,22,24,26,28,34,36H,1,8-9,12-18H2,(H,32,35)/t22-,24+,26-,28-,30-,31+/m0/s1. The number of piperidine rings is 1. The van der Waals surface area contributed by atoms with Crippen LogP contribution in [0.2, 0.25) is 0 Å². The van der Waals surface area contributed by atoms with Gasteiger partial charge < -0.3 is 25.0 Å². The monoisotopic (exact) mass is 516 g/mol. The third-order valence-electron chi connectivity index (χ3n) is 9.79. The van der Waals surface area contributed by atoms with Crippen molar-refractivity contribution in [3.05, 3.63) is 71.8 Å². The van der Waals surface area contributed by atoms with Gasteiger partial charge in [0.05, 0.1) is 16.9 Å². The highest BCUT2D eigenvalue weighted by atomic mass is 16.5. The minimum atomic E-state index is -1.20. The number of aliphatic hydroxyl groups is 2. The van der Waals surface area contributed by atoms with Crippen LogP contribution in [0.15, 0.2) is 55.1 Å². The van der Waals surface area contributed by atoms with Gasteiger partial charge in [-0.3, -0.25) is 9.69 Å². The summed E-state index contributed by atoms with van der Waals surface area (Å²) in [7, 11) is 0. The zero-order chi connectivity index (χ0) is 26.1. The highest BCUT2D eigenvalue weighted by Crippen LogP contribution is 2.66. The summed E-state index contributed by atoms with van der Waals surface area (Å²) >= 11 is 0. The maximum Gasteiger partial charge on any atom is 0.226 e. The van der Waals surface area contributed by atoms with Gasteiger partial charge in [-0.05, 0) is 61.8 Å². The molecule has 0 radical (unpaired) electrons. The van der Waals surface area contributed by atoms with Crippen molar-refractivity contribution in [2.75, 3.05) is 19.6 Å². The topological polar surface area (TPSA) is 91.3 Å². The second kappa shape index (κ2) is 8.83. The fourth-order valence-corrected chi connectivity index (χ4v) is 7.88. The predicted molar refractivity (Wildman–Crippen MR) is 142 cm³/mol. The van der Waals surface area contributed by atoms with Gasteiger partial charge in [-0.2, -0.15) is 0 Å². The van der Waals surface area contributed by atoms with E-state index in [1.165, 1.54) is 12.8 Å². The van der Waals surface area contributed by atoms with E-state index in [-0.39, 0.29) is 18.4 Å². The number of hydrogen-bond donors (Lipinski definition) is 3. The smallest absolute Gasteiger partial charge is 0.226 e. The molecule has 7 nitrogen and oxygen atoms in total. The van der Waals surface area contributed by atoms with Crippen LogP contribution < -0.4 is 14.8 Å². The van der Waals surface area contributed by atoms with Crippen molar-refractivity contribution in [1.29, 1.82) is 0 Å². The third-order valence-corrected chi connectivity index (χ3v) is 9.79. The highest BCUT2D eigenvalue weighted by Gasteiger charge is 2.75. The van der Waals surface area contributed by atoms with Gasteiger partial charge in [0.15, 0.2) is 11.5 Å². The van der Waals surface area contributed by atoms with Gasteiger partial charge in [-0.25, -0.2) is 0 Å². The molecule has 2 saturated carbocycles. The Balaban J connectivity index is 1.31. The van der Waals surface area contributed by atoms with Gasteiger partial charge in [0.25, 0.3) is 0 Å². The quantitative estimate of drug-likeness (QED) is 0.468. The summed E-state index contributed by atoms with van der Waals surface area (Å²) in [4.78, 5) is 15.7. The molecule has 0 aromatic heterocycles. The highest BCUT2D eigenvalue weighted by molar-refractivity contribution is 5.80. The molecule has 2 aromatic carbocycles. The molecule has 200 valence electrons. The zero-order valence-corrected chi connectivity index (χ0v) is 21.6. The first-order chi connectivity index (χ1) is 18.5. The van der Waals surface area contributed by atoms with Crippen molar-refractivity contribution >= 4 is 5.91 Å². The number of ether oxygens (including phenoxy) is 2. The number of nitrogens with zero attached hydrogens (tertiary/aromatic N) is 1. The van der Waals surface area contributed by atoms with Crippen LogP contribution in [0.4, 0.5) is 0 Å². The molecule has 2 bridgehead atoms. The molecule has 0 unspecified atom stereocenters. The van der Waals surface area contributed by atoms with Crippen LogP contribution in [0.1, 0.15) is 42.4 Å². The molecule has 3 N–H and O–H groups in total. The Bertz CT molecular complexity index is 1260. The number of rotatable bonds is 8. The minimum Gasteiger partial charge on any atom is -0.485 e. The van der Waals surface area contributed by atoms with E-state index in [9.17, 15) is 15.0 Å². The summed E-state index contributed by atoms with van der Waals surface area (Å²) < 4.78 is 12.9. The molecule has 2 aromatic rings. The molecule has 7 heteroatoms. The van der Waals surface area contributed by atoms with Crippen LogP contribution in [-0.4, -0.2) is 64.5 Å². The minimum absolute atomic E-state index is 0.125. The Labute approximate surface area is 223 Å². The van der Waals surface area contributed by atoms with Crippen LogP contribution in [0, 0.1) is 11.8 Å². The van der Waals surface area contributed by atoms with E-state index in [2.05, 4.69) is 22.9 Å². The van der Waals surface area contributed by atoms with Crippen LogP contribution in [0.3, 0.4) is 0 Å². The van der Waals surface area contributed by atoms with Crippen molar-refractivity contribution in [3.63, 3.8) is 0 Å². The second-order valence-electron chi connectivity index (χ2n) is 11.9. The van der Waals surface area contributed by atoms with Gasteiger partial charge in [0.2, 0.25) is 5.91 Å². The largest absolute Gasteiger partial charge is 0.485 e. The molecule has 5 aliphatic rings. The molecule has 38 heavy (non-hydrogen) atoms. The van der Waals surface area contributed by atoms with E-state index < -0.39 is 29.1 Å². The molecule has 3 fully saturated rings. The van der Waals surface area contributed by atoms with Gasteiger partial charge in [0, 0.05) is 24.7 Å². The zero-order valence-electron chi connectivity index (χ0n) is 21.6. The Hall–Kier alpha value is -2.87. The van der Waals surface area contributed by atoms with Crippen LogP contribution in [0.5, 0.6) is 11.5 Å². The van der Waals surface area contributed by atoms with Crippen molar-refractivity contribution in [2.24, 2.45) is 11.8 Å². The summed E-state index contributed by atoms with van der Waals surface area (Å²) in [6, 6.07) is 13.9. The normalized spacial score (nSPS) is 34.7. The van der Waals surface area contributed by atoms with E-state index >= 15 is 0 Å². The number of carbonyl (C=O) groups excluding carboxylic acids is 1. The molecule has 3 aliphatic carbocycles. The van der Waals surface area contributed by atoms with Crippen LogP contribution in [0.25, 0.3) is 0 Å². The van der Waals surface area contributed by atoms with Gasteiger partial charge in [-0.15, -0.1) is 6.58 Å². The number of benzene rings is 2. The van der Waals surface area contributed by atoms with Crippen molar-refractivity contribution in [1.82, 2.24) is 10.2 Å². The molecule has 1 amide bonds. The van der Waals surface area contributed by atoms with Gasteiger partial charge in [0.1, 0.15) is 18.8 Å². The SMILES string of the molecule is C=CCNC(=O)[C@H]1C[C@@]2(O)[C@H]3Cc4ccc(OCc5ccccc5)c5c4[C@@]2(CCN3CC2CC2)[C@@H](O5)[C@H]1O. The van der Waals surface area contributed by atoms with E-state index in [1.54, 1.807) is 6.08 Å². The number of carbonyl (C=O) groups is 1. The van der Waals surface area contributed by atoms with E-state index in [0.717, 1.165) is 29.8 Å². The molecule has 1 spiro atoms. The van der Waals surface area contributed by atoms with Crippen molar-refractivity contribution < 1.29 is 24.5 Å². The summed E-state index contributed by atoms with van der Waals surface area (Å²) in [5.41, 5.74) is 1.22. The Kier molecular flexibility index (Phi) is 5.62. The number of likely N-dealkylation sites (tertiary alicyclic amines) is 1. The average Bonchev–Trinajstić information content (AvgIpc) is 3.67. The van der Waals surface area contributed by atoms with Crippen molar-refractivity contribution in [3.8, 4) is 11.5 Å². The van der Waals surface area contributed by atoms with Crippen LogP contribution in [-0.2, 0) is 23.2 Å². The van der Waals surface area contributed by atoms with Gasteiger partial charge in [-0.1, -0.05) is 42.5 Å². The lowest BCUT2D eigenvalue weighted by Crippen LogP contribution is -2.79. The maximum atomic E-state index is 13.2. The van der Waals surface area contributed by atoms with E-state index in [0.29, 0.717) is 43.4 Å². The number of aliphatic hydroxyl groups excluding tert-OH is 1. The lowest BCUT2D eigenvalue weighted by atomic mass is 9.47. The first-order valence-corrected chi connectivity index (χ1v) is 14.0. The summed E-state index contributed by atoms with van der Waals surface area (Å²) in [5.74, 6) is 0.902. The molecule has 2 aliphatic heterocycles. The number of amides is 1. The maximum absolute atomic E-state index is 13.2. The molecular formula is C31H36N2O5. The summed E-state index contributed by atoms with van der Waals surface area (Å²) in [6.45, 7) is 6.23. The third kappa shape index (κ3) is 3.41. The predicted octanol–water partition coefficient (Wildman–Crippen LogP) is 2.72. The van der Waals surface area contributed by atoms with Crippen molar-refractivity contribution in [2.45, 2.75) is 68.0 Å². The first-order valence-electron chi connectivity index (χ1n) is 14.0. The average molecular weight is 517 g/mol. The van der Waals surface area contributed by atoms with E-state index in [1.807, 2.05) is 36.4 Å². The van der Waals surface area contributed by atoms with Crippen LogP contribution >= 0.6 is 0 Å². The molecule has 1 saturated heterocycles. The molecule has 2 heterocycles. The Morgan fingerprint density at radius 3 is 2.82 bits per heavy atom.